The van der Waals surface area contributed by atoms with Crippen molar-refractivity contribution in [3.63, 3.8) is 0 Å². The fourth-order valence-corrected chi connectivity index (χ4v) is 7.46. The summed E-state index contributed by atoms with van der Waals surface area (Å²) in [6.07, 6.45) is 0. The highest BCUT2D eigenvalue weighted by Gasteiger charge is 2.33. The number of nitrogens with one attached hydrogen (secondary N) is 1. The van der Waals surface area contributed by atoms with E-state index in [1.165, 1.54) is 24.4 Å². The van der Waals surface area contributed by atoms with Crippen LogP contribution in [0.25, 0.3) is 0 Å². The molecule has 1 N–H and O–H groups in total. The lowest BCUT2D eigenvalue weighted by molar-refractivity contribution is 0.988. The first kappa shape index (κ1) is 7.63. The molecule has 0 aromatic carbocycles. The summed E-state index contributed by atoms with van der Waals surface area (Å²) in [6, 6.07) is 2.79. The molecule has 0 aromatic rings. The van der Waals surface area contributed by atoms with Crippen molar-refractivity contribution < 1.29 is 0 Å². The lowest BCUT2D eigenvalue weighted by Gasteiger charge is -2.21. The normalized spacial score (nSPS) is 24.7. The molecular weight excluding hydrogens is 146 g/mol. The predicted molar refractivity (Wildman–Crippen MR) is 47.2 cm³/mol. The Hall–Kier alpha value is 0.527. The van der Waals surface area contributed by atoms with Crippen molar-refractivity contribution in [3.8, 4) is 0 Å². The molecule has 3 heteroatoms. The van der Waals surface area contributed by atoms with Gasteiger partial charge in [0.1, 0.15) is 0 Å². The second kappa shape index (κ2) is 3.08. The number of rotatable bonds is 2. The fourth-order valence-electron chi connectivity index (χ4n) is 1.28. The second-order valence-electron chi connectivity index (χ2n) is 2.48. The highest BCUT2D eigenvalue weighted by Crippen LogP contribution is 2.29. The SMILES string of the molecule is CC[Si]1(CC)NCCS1. The average Bonchev–Trinajstić information content (AvgIpc) is 2.36. The van der Waals surface area contributed by atoms with E-state index in [1.807, 2.05) is 0 Å². The second-order valence-corrected chi connectivity index (χ2v) is 10.1. The van der Waals surface area contributed by atoms with Crippen molar-refractivity contribution in [2.45, 2.75) is 25.9 Å². The third-order valence-corrected chi connectivity index (χ3v) is 10.6. The number of hydrogen-bond donors (Lipinski definition) is 1. The van der Waals surface area contributed by atoms with Gasteiger partial charge in [-0.25, -0.2) is 0 Å². The van der Waals surface area contributed by atoms with Gasteiger partial charge in [-0.2, -0.15) is 11.2 Å². The Morgan fingerprint density at radius 3 is 2.33 bits per heavy atom. The molecule has 1 saturated heterocycles. The van der Waals surface area contributed by atoms with Gasteiger partial charge < -0.3 is 4.98 Å². The molecule has 0 saturated carbocycles. The molecule has 1 aliphatic rings. The minimum Gasteiger partial charge on any atom is -0.328 e. The molecule has 1 nitrogen and oxygen atoms in total. The van der Waals surface area contributed by atoms with E-state index in [4.69, 9.17) is 0 Å². The molecule has 0 atom stereocenters. The molecule has 1 heterocycles. The van der Waals surface area contributed by atoms with Crippen LogP contribution < -0.4 is 4.98 Å². The van der Waals surface area contributed by atoms with Crippen LogP contribution in [0.3, 0.4) is 0 Å². The van der Waals surface area contributed by atoms with Gasteiger partial charge in [0.05, 0.1) is 0 Å². The predicted octanol–water partition coefficient (Wildman–Crippen LogP) is 1.80. The van der Waals surface area contributed by atoms with Crippen LogP contribution in [0.2, 0.25) is 12.1 Å². The van der Waals surface area contributed by atoms with Gasteiger partial charge in [-0.05, 0) is 18.6 Å². The van der Waals surface area contributed by atoms with Crippen molar-refractivity contribution >= 4 is 18.6 Å². The van der Waals surface area contributed by atoms with E-state index in [0.717, 1.165) is 0 Å². The highest BCUT2D eigenvalue weighted by atomic mass is 32.4. The van der Waals surface area contributed by atoms with Crippen molar-refractivity contribution in [2.75, 3.05) is 12.3 Å². The van der Waals surface area contributed by atoms with Crippen molar-refractivity contribution in [2.24, 2.45) is 0 Å². The summed E-state index contributed by atoms with van der Waals surface area (Å²) >= 11 is 2.22. The zero-order valence-electron chi connectivity index (χ0n) is 6.24. The van der Waals surface area contributed by atoms with E-state index in [9.17, 15) is 0 Å². The van der Waals surface area contributed by atoms with Gasteiger partial charge in [0, 0.05) is 5.75 Å². The van der Waals surface area contributed by atoms with Crippen LogP contribution in [-0.4, -0.2) is 19.7 Å². The molecule has 54 valence electrons. The minimum absolute atomic E-state index is 0.914. The Kier molecular flexibility index (Phi) is 2.61. The van der Waals surface area contributed by atoms with Crippen LogP contribution in [0, 0.1) is 0 Å². The Bertz CT molecular complexity index is 85.1. The molecule has 9 heavy (non-hydrogen) atoms. The maximum absolute atomic E-state index is 3.67. The quantitative estimate of drug-likeness (QED) is 0.620. The molecule has 1 fully saturated rings. The molecule has 0 aromatic heterocycles. The Balaban J connectivity index is 2.45. The molecule has 0 unspecified atom stereocenters. The maximum Gasteiger partial charge on any atom is 0.187 e. The van der Waals surface area contributed by atoms with Gasteiger partial charge in [0.2, 0.25) is 0 Å². The number of hydrogen-bond acceptors (Lipinski definition) is 2. The third kappa shape index (κ3) is 1.51. The van der Waals surface area contributed by atoms with Crippen LogP contribution >= 0.6 is 11.2 Å². The van der Waals surface area contributed by atoms with Crippen LogP contribution in [0.15, 0.2) is 0 Å². The van der Waals surface area contributed by atoms with E-state index in [1.54, 1.807) is 0 Å². The summed E-state index contributed by atoms with van der Waals surface area (Å²) in [4.78, 5) is 3.67. The zero-order valence-corrected chi connectivity index (χ0v) is 8.05. The lowest BCUT2D eigenvalue weighted by atomic mass is 10.8. The van der Waals surface area contributed by atoms with Gasteiger partial charge in [-0.1, -0.05) is 13.8 Å². The van der Waals surface area contributed by atoms with Crippen LogP contribution in [-0.2, 0) is 0 Å². The van der Waals surface area contributed by atoms with Crippen LogP contribution in [0.5, 0.6) is 0 Å². The van der Waals surface area contributed by atoms with E-state index in [-0.39, 0.29) is 0 Å². The zero-order chi connectivity index (χ0) is 6.74. The molecule has 0 radical (unpaired) electrons. The lowest BCUT2D eigenvalue weighted by Crippen LogP contribution is -2.41. The Morgan fingerprint density at radius 1 is 1.44 bits per heavy atom. The monoisotopic (exact) mass is 161 g/mol. The molecule has 1 aliphatic heterocycles. The molecular formula is C6H15NSSi. The maximum atomic E-state index is 3.67. The third-order valence-electron chi connectivity index (χ3n) is 2.07. The highest BCUT2D eigenvalue weighted by molar-refractivity contribution is 8.29. The average molecular weight is 161 g/mol. The Morgan fingerprint density at radius 2 is 2.11 bits per heavy atom. The standard InChI is InChI=1S/C6H15NSSi/c1-3-9(4-2)7-5-6-8-9/h7H,3-6H2,1-2H3. The first-order chi connectivity index (χ1) is 4.33. The minimum atomic E-state index is -0.914. The summed E-state index contributed by atoms with van der Waals surface area (Å²) in [6.45, 7) is 5.90. The van der Waals surface area contributed by atoms with Crippen molar-refractivity contribution in [3.05, 3.63) is 0 Å². The van der Waals surface area contributed by atoms with E-state index < -0.39 is 7.38 Å². The molecule has 0 amide bonds. The first-order valence-electron chi connectivity index (χ1n) is 3.72. The summed E-state index contributed by atoms with van der Waals surface area (Å²) in [5.74, 6) is 1.36. The summed E-state index contributed by atoms with van der Waals surface area (Å²) in [5, 5.41) is 0. The molecule has 1 rings (SSSR count). The van der Waals surface area contributed by atoms with Gasteiger partial charge in [0.15, 0.2) is 7.38 Å². The van der Waals surface area contributed by atoms with E-state index in [0.29, 0.717) is 0 Å². The molecule has 0 bridgehead atoms. The Labute approximate surface area is 62.3 Å². The van der Waals surface area contributed by atoms with Crippen LogP contribution in [0.4, 0.5) is 0 Å². The van der Waals surface area contributed by atoms with Gasteiger partial charge >= 0.3 is 0 Å². The van der Waals surface area contributed by atoms with Gasteiger partial charge in [0.25, 0.3) is 0 Å². The van der Waals surface area contributed by atoms with Gasteiger partial charge in [-0.15, -0.1) is 0 Å². The van der Waals surface area contributed by atoms with Crippen molar-refractivity contribution in [1.82, 2.24) is 4.98 Å². The first-order valence-corrected chi connectivity index (χ1v) is 7.84. The van der Waals surface area contributed by atoms with E-state index >= 15 is 0 Å². The fraction of sp³-hybridized carbons (Fsp3) is 1.00. The molecule has 0 aliphatic carbocycles. The smallest absolute Gasteiger partial charge is 0.187 e. The van der Waals surface area contributed by atoms with Crippen LogP contribution in [0.1, 0.15) is 13.8 Å². The summed E-state index contributed by atoms with van der Waals surface area (Å²) < 4.78 is 0. The summed E-state index contributed by atoms with van der Waals surface area (Å²) in [7, 11) is -0.914. The van der Waals surface area contributed by atoms with Gasteiger partial charge in [-0.3, -0.25) is 0 Å². The molecule has 0 spiro atoms. The van der Waals surface area contributed by atoms with E-state index in [2.05, 4.69) is 30.0 Å². The van der Waals surface area contributed by atoms with Crippen molar-refractivity contribution in [1.29, 1.82) is 0 Å². The summed E-state index contributed by atoms with van der Waals surface area (Å²) in [5.41, 5.74) is 0. The largest absolute Gasteiger partial charge is 0.328 e. The topological polar surface area (TPSA) is 12.0 Å².